The van der Waals surface area contributed by atoms with Gasteiger partial charge in [-0.1, -0.05) is 18.2 Å². The zero-order chi connectivity index (χ0) is 19.5. The van der Waals surface area contributed by atoms with Gasteiger partial charge < -0.3 is 20.1 Å². The van der Waals surface area contributed by atoms with Crippen LogP contribution in [0.3, 0.4) is 0 Å². The van der Waals surface area contributed by atoms with Crippen LogP contribution in [0, 0.1) is 0 Å². The zero-order valence-corrected chi connectivity index (χ0v) is 15.7. The lowest BCUT2D eigenvalue weighted by atomic mass is 10.0. The average molecular weight is 380 g/mol. The van der Waals surface area contributed by atoms with Crippen LogP contribution >= 0.6 is 0 Å². The van der Waals surface area contributed by atoms with Crippen LogP contribution in [0.5, 0.6) is 5.75 Å². The Balaban J connectivity index is 1.55. The van der Waals surface area contributed by atoms with Crippen LogP contribution in [0.1, 0.15) is 34.3 Å². The highest BCUT2D eigenvalue weighted by Crippen LogP contribution is 2.25. The van der Waals surface area contributed by atoms with E-state index in [4.69, 9.17) is 4.74 Å². The number of phenolic OH excluding ortho intramolecular Hbond substituents is 1. The highest BCUT2D eigenvalue weighted by molar-refractivity contribution is 5.98. The summed E-state index contributed by atoms with van der Waals surface area (Å²) in [6.07, 6.45) is 2.83. The number of anilines is 1. The Bertz CT molecular complexity index is 879. The maximum absolute atomic E-state index is 13.2. The Morgan fingerprint density at radius 2 is 2.00 bits per heavy atom. The van der Waals surface area contributed by atoms with Gasteiger partial charge in [-0.05, 0) is 54.7 Å². The minimum Gasteiger partial charge on any atom is -0.508 e. The molecule has 28 heavy (non-hydrogen) atoms. The van der Waals surface area contributed by atoms with Crippen molar-refractivity contribution < 1.29 is 19.4 Å². The van der Waals surface area contributed by atoms with Gasteiger partial charge in [0, 0.05) is 24.2 Å². The number of fused-ring (bicyclic) bond motifs is 1. The standard InChI is InChI=1S/C22H24N2O4/c25-19-8-4-15(5-9-19)12-18-14-28-11-10-24(18)22(27)17-7-6-16-2-1-3-21(26)23-20(16)13-17/h4-9,13,18,25H,1-3,10-12,14H2,(H,23,26)/t18-/m1/s1. The van der Waals surface area contributed by atoms with E-state index in [1.807, 2.05) is 29.2 Å². The first kappa shape index (κ1) is 18.5. The molecule has 0 aliphatic carbocycles. The van der Waals surface area contributed by atoms with E-state index in [9.17, 15) is 14.7 Å². The summed E-state index contributed by atoms with van der Waals surface area (Å²) in [6, 6.07) is 12.6. The van der Waals surface area contributed by atoms with Crippen LogP contribution in [0.4, 0.5) is 5.69 Å². The number of benzene rings is 2. The van der Waals surface area contributed by atoms with Gasteiger partial charge in [-0.2, -0.15) is 0 Å². The molecule has 0 saturated carbocycles. The van der Waals surface area contributed by atoms with Crippen molar-refractivity contribution in [2.24, 2.45) is 0 Å². The normalized spacial score (nSPS) is 19.5. The van der Waals surface area contributed by atoms with Crippen LogP contribution in [-0.2, 0) is 22.4 Å². The number of hydrogen-bond acceptors (Lipinski definition) is 4. The molecule has 4 rings (SSSR count). The minimum absolute atomic E-state index is 0.0000664. The maximum Gasteiger partial charge on any atom is 0.254 e. The number of rotatable bonds is 3. The van der Waals surface area contributed by atoms with Gasteiger partial charge in [-0.3, -0.25) is 9.59 Å². The Morgan fingerprint density at radius 3 is 2.82 bits per heavy atom. The fourth-order valence-electron chi connectivity index (χ4n) is 3.86. The van der Waals surface area contributed by atoms with Crippen molar-refractivity contribution in [3.63, 3.8) is 0 Å². The number of carbonyl (C=O) groups excluding carboxylic acids is 2. The smallest absolute Gasteiger partial charge is 0.254 e. The number of aromatic hydroxyl groups is 1. The first-order valence-corrected chi connectivity index (χ1v) is 9.69. The number of ether oxygens (including phenoxy) is 1. The third kappa shape index (κ3) is 4.02. The van der Waals surface area contributed by atoms with Crippen LogP contribution < -0.4 is 5.32 Å². The molecule has 1 fully saturated rings. The first-order chi connectivity index (χ1) is 13.6. The predicted molar refractivity (Wildman–Crippen MR) is 105 cm³/mol. The number of amides is 2. The van der Waals surface area contributed by atoms with Crippen molar-refractivity contribution in [1.29, 1.82) is 0 Å². The van der Waals surface area contributed by atoms with Gasteiger partial charge in [-0.15, -0.1) is 0 Å². The molecule has 2 heterocycles. The summed E-state index contributed by atoms with van der Waals surface area (Å²) in [5.41, 5.74) is 3.44. The number of hydrogen-bond donors (Lipinski definition) is 2. The molecule has 0 unspecified atom stereocenters. The van der Waals surface area contributed by atoms with Crippen LogP contribution in [0.2, 0.25) is 0 Å². The lowest BCUT2D eigenvalue weighted by molar-refractivity contribution is -0.116. The Kier molecular flexibility index (Phi) is 5.30. The zero-order valence-electron chi connectivity index (χ0n) is 15.7. The van der Waals surface area contributed by atoms with E-state index in [0.717, 1.165) is 29.7 Å². The van der Waals surface area contributed by atoms with Crippen molar-refractivity contribution in [3.05, 3.63) is 59.2 Å². The van der Waals surface area contributed by atoms with Gasteiger partial charge in [-0.25, -0.2) is 0 Å². The summed E-state index contributed by atoms with van der Waals surface area (Å²) in [5, 5.41) is 12.4. The molecule has 6 heteroatoms. The van der Waals surface area contributed by atoms with E-state index in [0.29, 0.717) is 38.2 Å². The van der Waals surface area contributed by atoms with E-state index in [1.165, 1.54) is 0 Å². The number of nitrogens with zero attached hydrogens (tertiary/aromatic N) is 1. The molecule has 2 aromatic rings. The summed E-state index contributed by atoms with van der Waals surface area (Å²) in [4.78, 5) is 27.0. The first-order valence-electron chi connectivity index (χ1n) is 9.69. The number of carbonyl (C=O) groups is 2. The minimum atomic E-state index is -0.0702. The largest absolute Gasteiger partial charge is 0.508 e. The molecule has 1 atom stereocenters. The summed E-state index contributed by atoms with van der Waals surface area (Å²) in [6.45, 7) is 1.53. The van der Waals surface area contributed by atoms with Crippen LogP contribution in [-0.4, -0.2) is 47.6 Å². The molecule has 2 aromatic carbocycles. The monoisotopic (exact) mass is 380 g/mol. The third-order valence-electron chi connectivity index (χ3n) is 5.38. The summed E-state index contributed by atoms with van der Waals surface area (Å²) in [5.74, 6) is 0.178. The number of morpholine rings is 1. The molecular formula is C22H24N2O4. The lowest BCUT2D eigenvalue weighted by Crippen LogP contribution is -2.49. The van der Waals surface area contributed by atoms with Gasteiger partial charge >= 0.3 is 0 Å². The summed E-state index contributed by atoms with van der Waals surface area (Å²) >= 11 is 0. The maximum atomic E-state index is 13.2. The van der Waals surface area contributed by atoms with Crippen molar-refractivity contribution in [2.75, 3.05) is 25.1 Å². The van der Waals surface area contributed by atoms with Crippen molar-refractivity contribution >= 4 is 17.5 Å². The molecule has 2 N–H and O–H groups in total. The van der Waals surface area contributed by atoms with E-state index >= 15 is 0 Å². The molecule has 2 aliphatic rings. The number of nitrogens with one attached hydrogen (secondary N) is 1. The van der Waals surface area contributed by atoms with E-state index in [-0.39, 0.29) is 23.6 Å². The average Bonchev–Trinajstić information content (AvgIpc) is 2.89. The number of phenols is 1. The quantitative estimate of drug-likeness (QED) is 0.858. The molecule has 0 aromatic heterocycles. The lowest BCUT2D eigenvalue weighted by Gasteiger charge is -2.36. The van der Waals surface area contributed by atoms with Gasteiger partial charge in [0.15, 0.2) is 0 Å². The molecular weight excluding hydrogens is 356 g/mol. The van der Waals surface area contributed by atoms with E-state index < -0.39 is 0 Å². The van der Waals surface area contributed by atoms with Crippen molar-refractivity contribution in [2.45, 2.75) is 31.7 Å². The molecule has 146 valence electrons. The summed E-state index contributed by atoms with van der Waals surface area (Å²) in [7, 11) is 0. The molecule has 1 saturated heterocycles. The second kappa shape index (κ2) is 8.02. The highest BCUT2D eigenvalue weighted by Gasteiger charge is 2.29. The fraction of sp³-hybridized carbons (Fsp3) is 0.364. The van der Waals surface area contributed by atoms with Crippen LogP contribution in [0.25, 0.3) is 0 Å². The molecule has 0 spiro atoms. The van der Waals surface area contributed by atoms with E-state index in [2.05, 4.69) is 5.32 Å². The van der Waals surface area contributed by atoms with Gasteiger partial charge in [0.25, 0.3) is 5.91 Å². The topological polar surface area (TPSA) is 78.9 Å². The van der Waals surface area contributed by atoms with Crippen molar-refractivity contribution in [3.8, 4) is 5.75 Å². The second-order valence-corrected chi connectivity index (χ2v) is 7.37. The molecule has 2 aliphatic heterocycles. The van der Waals surface area contributed by atoms with E-state index in [1.54, 1.807) is 18.2 Å². The fourth-order valence-corrected chi connectivity index (χ4v) is 3.86. The Morgan fingerprint density at radius 1 is 1.18 bits per heavy atom. The molecule has 6 nitrogen and oxygen atoms in total. The summed E-state index contributed by atoms with van der Waals surface area (Å²) < 4.78 is 5.62. The highest BCUT2D eigenvalue weighted by atomic mass is 16.5. The Labute approximate surface area is 164 Å². The van der Waals surface area contributed by atoms with Gasteiger partial charge in [0.05, 0.1) is 19.3 Å². The Hall–Kier alpha value is -2.86. The van der Waals surface area contributed by atoms with Crippen molar-refractivity contribution in [1.82, 2.24) is 4.90 Å². The predicted octanol–water partition coefficient (Wildman–Crippen LogP) is 2.75. The van der Waals surface area contributed by atoms with Gasteiger partial charge in [0.1, 0.15) is 5.75 Å². The second-order valence-electron chi connectivity index (χ2n) is 7.37. The molecule has 0 bridgehead atoms. The molecule has 0 radical (unpaired) electrons. The third-order valence-corrected chi connectivity index (χ3v) is 5.38. The van der Waals surface area contributed by atoms with Gasteiger partial charge in [0.2, 0.25) is 5.91 Å². The van der Waals surface area contributed by atoms with Crippen LogP contribution in [0.15, 0.2) is 42.5 Å². The molecule has 2 amide bonds. The SMILES string of the molecule is O=C1CCCc2ccc(C(=O)N3CCOC[C@H]3Cc3ccc(O)cc3)cc2N1. The number of aryl methyl sites for hydroxylation is 1.